The second-order valence-electron chi connectivity index (χ2n) is 5.31. The topological polar surface area (TPSA) is 43.1 Å². The van der Waals surface area contributed by atoms with Crippen molar-refractivity contribution >= 4 is 24.9 Å². The Balaban J connectivity index is 0.00000144. The van der Waals surface area contributed by atoms with E-state index in [1.54, 1.807) is 0 Å². The Hall–Kier alpha value is -0.300. The third-order valence-electron chi connectivity index (χ3n) is 3.46. The molecule has 1 aromatic rings. The van der Waals surface area contributed by atoms with Gasteiger partial charge in [0.15, 0.2) is 0 Å². The van der Waals surface area contributed by atoms with Crippen LogP contribution in [0.1, 0.15) is 24.8 Å². The molecular weight excluding hydrogens is 253 g/mol. The maximum atomic E-state index is 11.9. The molecule has 2 rings (SSSR count). The summed E-state index contributed by atoms with van der Waals surface area (Å²) in [5.41, 5.74) is 7.23. The standard InChI is InChI=1S/C13H20NOP.ClH/c1-9(14)12-8-13(12)10-4-6-11(7-5-10)16(2,3)15;/h4-7,9,12-13H,8,14H2,1-3H3;1H. The van der Waals surface area contributed by atoms with Crippen LogP contribution in [-0.2, 0) is 4.57 Å². The Labute approximate surface area is 110 Å². The number of halogens is 1. The summed E-state index contributed by atoms with van der Waals surface area (Å²) in [6.07, 6.45) is 1.20. The molecule has 17 heavy (non-hydrogen) atoms. The predicted molar refractivity (Wildman–Crippen MR) is 77.3 cm³/mol. The lowest BCUT2D eigenvalue weighted by atomic mass is 10.1. The summed E-state index contributed by atoms with van der Waals surface area (Å²) in [6.45, 7) is 5.69. The Morgan fingerprint density at radius 3 is 2.18 bits per heavy atom. The first kappa shape index (κ1) is 14.8. The summed E-state index contributed by atoms with van der Waals surface area (Å²) in [5, 5.41) is 0.967. The number of hydrogen-bond donors (Lipinski definition) is 1. The maximum Gasteiger partial charge on any atom is 0.109 e. The molecule has 2 nitrogen and oxygen atoms in total. The highest BCUT2D eigenvalue weighted by Crippen LogP contribution is 2.49. The van der Waals surface area contributed by atoms with Gasteiger partial charge < -0.3 is 10.3 Å². The van der Waals surface area contributed by atoms with Crippen LogP contribution in [0, 0.1) is 5.92 Å². The number of rotatable bonds is 3. The molecule has 0 radical (unpaired) electrons. The quantitative estimate of drug-likeness (QED) is 0.861. The Morgan fingerprint density at radius 2 is 1.82 bits per heavy atom. The van der Waals surface area contributed by atoms with E-state index in [9.17, 15) is 4.57 Å². The van der Waals surface area contributed by atoms with Crippen LogP contribution in [0.25, 0.3) is 0 Å². The van der Waals surface area contributed by atoms with Gasteiger partial charge >= 0.3 is 0 Å². The van der Waals surface area contributed by atoms with E-state index in [0.717, 1.165) is 5.30 Å². The van der Waals surface area contributed by atoms with E-state index in [1.165, 1.54) is 12.0 Å². The Bertz CT molecular complexity index is 424. The van der Waals surface area contributed by atoms with E-state index in [4.69, 9.17) is 5.73 Å². The molecule has 0 saturated heterocycles. The molecule has 1 aliphatic rings. The van der Waals surface area contributed by atoms with Crippen LogP contribution in [0.4, 0.5) is 0 Å². The molecule has 1 saturated carbocycles. The average Bonchev–Trinajstić information content (AvgIpc) is 2.96. The first-order valence-corrected chi connectivity index (χ1v) is 8.41. The van der Waals surface area contributed by atoms with E-state index in [-0.39, 0.29) is 18.4 Å². The molecule has 0 spiro atoms. The van der Waals surface area contributed by atoms with Crippen molar-refractivity contribution in [3.63, 3.8) is 0 Å². The van der Waals surface area contributed by atoms with E-state index < -0.39 is 7.14 Å². The molecular formula is C13H21ClNOP. The lowest BCUT2D eigenvalue weighted by Crippen LogP contribution is -2.18. The second kappa shape index (κ2) is 5.14. The summed E-state index contributed by atoms with van der Waals surface area (Å²) >= 11 is 0. The number of hydrogen-bond acceptors (Lipinski definition) is 2. The van der Waals surface area contributed by atoms with Crippen molar-refractivity contribution in [1.82, 2.24) is 0 Å². The van der Waals surface area contributed by atoms with Crippen molar-refractivity contribution in [3.05, 3.63) is 29.8 Å². The zero-order valence-corrected chi connectivity index (χ0v) is 12.3. The first-order valence-electron chi connectivity index (χ1n) is 5.80. The van der Waals surface area contributed by atoms with Gasteiger partial charge in [-0.15, -0.1) is 12.4 Å². The molecule has 1 fully saturated rings. The predicted octanol–water partition coefficient (Wildman–Crippen LogP) is 2.81. The minimum absolute atomic E-state index is 0. The van der Waals surface area contributed by atoms with E-state index in [0.29, 0.717) is 11.8 Å². The van der Waals surface area contributed by atoms with Crippen LogP contribution in [0.15, 0.2) is 24.3 Å². The summed E-state index contributed by atoms with van der Waals surface area (Å²) in [5.74, 6) is 1.27. The largest absolute Gasteiger partial charge is 0.328 e. The van der Waals surface area contributed by atoms with Crippen LogP contribution < -0.4 is 11.0 Å². The fourth-order valence-corrected chi connectivity index (χ4v) is 3.13. The average molecular weight is 274 g/mol. The lowest BCUT2D eigenvalue weighted by molar-refractivity contribution is 0.588. The van der Waals surface area contributed by atoms with E-state index in [2.05, 4.69) is 19.1 Å². The lowest BCUT2D eigenvalue weighted by Gasteiger charge is -2.08. The van der Waals surface area contributed by atoms with Crippen molar-refractivity contribution < 1.29 is 4.57 Å². The molecule has 2 N–H and O–H groups in total. The Morgan fingerprint density at radius 1 is 1.29 bits per heavy atom. The summed E-state index contributed by atoms with van der Waals surface area (Å²) in [7, 11) is -2.11. The fourth-order valence-electron chi connectivity index (χ4n) is 2.26. The van der Waals surface area contributed by atoms with Gasteiger partial charge in [0, 0.05) is 11.3 Å². The van der Waals surface area contributed by atoms with Crippen molar-refractivity contribution in [1.29, 1.82) is 0 Å². The van der Waals surface area contributed by atoms with Crippen molar-refractivity contribution in [3.8, 4) is 0 Å². The maximum absolute atomic E-state index is 11.9. The Kier molecular flexibility index (Phi) is 4.46. The molecule has 0 bridgehead atoms. The monoisotopic (exact) mass is 273 g/mol. The first-order chi connectivity index (χ1) is 7.39. The number of nitrogens with two attached hydrogens (primary N) is 1. The fraction of sp³-hybridized carbons (Fsp3) is 0.538. The molecule has 3 atom stereocenters. The van der Waals surface area contributed by atoms with Crippen LogP contribution in [-0.4, -0.2) is 19.4 Å². The molecule has 3 unspecified atom stereocenters. The van der Waals surface area contributed by atoms with Crippen molar-refractivity contribution in [2.75, 3.05) is 13.3 Å². The van der Waals surface area contributed by atoms with Crippen molar-refractivity contribution in [2.24, 2.45) is 11.7 Å². The van der Waals surface area contributed by atoms with Crippen LogP contribution in [0.3, 0.4) is 0 Å². The zero-order chi connectivity index (χ0) is 11.9. The van der Waals surface area contributed by atoms with Gasteiger partial charge in [0.2, 0.25) is 0 Å². The third kappa shape index (κ3) is 3.34. The zero-order valence-electron chi connectivity index (χ0n) is 10.6. The summed E-state index contributed by atoms with van der Waals surface area (Å²) in [4.78, 5) is 0. The molecule has 1 aromatic carbocycles. The highest BCUT2D eigenvalue weighted by atomic mass is 35.5. The molecule has 0 amide bonds. The van der Waals surface area contributed by atoms with Gasteiger partial charge in [0.05, 0.1) is 0 Å². The summed E-state index contributed by atoms with van der Waals surface area (Å²) < 4.78 is 11.9. The SMILES string of the molecule is CC(N)C1CC1c1ccc(P(C)(C)=O)cc1.Cl. The van der Waals surface area contributed by atoms with Crippen LogP contribution in [0.2, 0.25) is 0 Å². The van der Waals surface area contributed by atoms with Gasteiger partial charge in [-0.25, -0.2) is 0 Å². The minimum atomic E-state index is -2.11. The highest BCUT2D eigenvalue weighted by molar-refractivity contribution is 7.70. The van der Waals surface area contributed by atoms with Gasteiger partial charge in [0.1, 0.15) is 7.14 Å². The van der Waals surface area contributed by atoms with E-state index in [1.807, 2.05) is 25.5 Å². The normalized spacial score (nSPS) is 24.9. The van der Waals surface area contributed by atoms with Gasteiger partial charge in [0.25, 0.3) is 0 Å². The highest BCUT2D eigenvalue weighted by Gasteiger charge is 2.40. The third-order valence-corrected chi connectivity index (χ3v) is 5.00. The molecule has 0 aromatic heterocycles. The summed E-state index contributed by atoms with van der Waals surface area (Å²) in [6, 6.07) is 8.52. The van der Waals surface area contributed by atoms with Gasteiger partial charge in [-0.1, -0.05) is 24.3 Å². The smallest absolute Gasteiger partial charge is 0.109 e. The molecule has 1 aliphatic carbocycles. The van der Waals surface area contributed by atoms with Crippen LogP contribution in [0.5, 0.6) is 0 Å². The molecule has 0 aliphatic heterocycles. The molecule has 0 heterocycles. The molecule has 96 valence electrons. The second-order valence-corrected chi connectivity index (χ2v) is 8.53. The van der Waals surface area contributed by atoms with Gasteiger partial charge in [-0.3, -0.25) is 0 Å². The van der Waals surface area contributed by atoms with Gasteiger partial charge in [-0.2, -0.15) is 0 Å². The van der Waals surface area contributed by atoms with Gasteiger partial charge in [-0.05, 0) is 44.1 Å². The van der Waals surface area contributed by atoms with Crippen LogP contribution >= 0.6 is 19.5 Å². The van der Waals surface area contributed by atoms with E-state index >= 15 is 0 Å². The number of benzene rings is 1. The molecule has 4 heteroatoms. The minimum Gasteiger partial charge on any atom is -0.328 e. The van der Waals surface area contributed by atoms with Crippen molar-refractivity contribution in [2.45, 2.75) is 25.3 Å².